The van der Waals surface area contributed by atoms with Crippen LogP contribution >= 0.6 is 15.9 Å². The smallest absolute Gasteiger partial charge is 0.310 e. The maximum absolute atomic E-state index is 14.2. The van der Waals surface area contributed by atoms with Gasteiger partial charge in [-0.1, -0.05) is 72.1 Å². The number of nitrogens with zero attached hydrogens (tertiary/aromatic N) is 2. The molecule has 8 nitrogen and oxygen atoms in total. The Morgan fingerprint density at radius 1 is 1.33 bits per heavy atom. The van der Waals surface area contributed by atoms with Crippen molar-refractivity contribution in [2.75, 3.05) is 19.7 Å². The molecule has 3 saturated heterocycles. The number of aliphatic carboxylic acids is 1. The minimum Gasteiger partial charge on any atom is -0.481 e. The largest absolute Gasteiger partial charge is 0.481 e. The Labute approximate surface area is 220 Å². The molecule has 1 aromatic carbocycles. The van der Waals surface area contributed by atoms with Gasteiger partial charge in [0.1, 0.15) is 11.6 Å². The van der Waals surface area contributed by atoms with E-state index in [1.54, 1.807) is 11.0 Å². The zero-order chi connectivity index (χ0) is 26.0. The van der Waals surface area contributed by atoms with Crippen LogP contribution in [0.4, 0.5) is 0 Å². The molecular formula is C27H35BrN2O6. The van der Waals surface area contributed by atoms with Crippen molar-refractivity contribution in [1.82, 2.24) is 9.80 Å². The first kappa shape index (κ1) is 26.8. The molecule has 2 bridgehead atoms. The molecule has 36 heavy (non-hydrogen) atoms. The van der Waals surface area contributed by atoms with E-state index in [4.69, 9.17) is 4.74 Å². The lowest BCUT2D eigenvalue weighted by molar-refractivity contribution is -0.153. The van der Waals surface area contributed by atoms with Crippen molar-refractivity contribution >= 4 is 33.7 Å². The lowest BCUT2D eigenvalue weighted by Crippen LogP contribution is -2.59. The van der Waals surface area contributed by atoms with Crippen LogP contribution < -0.4 is 0 Å². The minimum atomic E-state index is -1.26. The average molecular weight is 563 g/mol. The van der Waals surface area contributed by atoms with Crippen LogP contribution in [0.1, 0.15) is 38.2 Å². The van der Waals surface area contributed by atoms with Gasteiger partial charge in [0, 0.05) is 17.9 Å². The monoisotopic (exact) mass is 562 g/mol. The summed E-state index contributed by atoms with van der Waals surface area (Å²) in [5.74, 6) is -3.84. The summed E-state index contributed by atoms with van der Waals surface area (Å²) < 4.78 is 6.36. The standard InChI is InChI=1S/C27H35BrN2O6/c1-3-5-9-13-29(12-4-2)25(33)23-27-15-19(28)22(36-27)20(26(34)35)21(27)24(32)30(23)18(16-31)14-17-10-7-6-8-11-17/h4,6-8,10-11,18-23,31H,2-3,5,9,12-16H2,1H3,(H,34,35)/t18-,19?,20+,21-,22+,23+,27-/m1/s1. The van der Waals surface area contributed by atoms with Crippen molar-refractivity contribution in [1.29, 1.82) is 0 Å². The SMILES string of the molecule is C=CCN(CCCCC)C(=O)[C@@H]1N([C@@H](CO)Cc2ccccc2)C(=O)[C@H]2[C@H](C(=O)O)[C@H]3O[C@@]12CC3Br. The van der Waals surface area contributed by atoms with Crippen molar-refractivity contribution in [3.8, 4) is 0 Å². The zero-order valence-corrected chi connectivity index (χ0v) is 22.2. The number of amides is 2. The highest BCUT2D eigenvalue weighted by molar-refractivity contribution is 9.09. The topological polar surface area (TPSA) is 107 Å². The zero-order valence-electron chi connectivity index (χ0n) is 20.6. The minimum absolute atomic E-state index is 0.278. The Morgan fingerprint density at radius 3 is 2.67 bits per heavy atom. The van der Waals surface area contributed by atoms with Crippen LogP contribution in [0.2, 0.25) is 0 Å². The normalized spacial score (nSPS) is 31.4. The number of carbonyl (C=O) groups is 3. The second-order valence-electron chi connectivity index (χ2n) is 10.1. The van der Waals surface area contributed by atoms with Crippen LogP contribution in [-0.2, 0) is 25.5 Å². The van der Waals surface area contributed by atoms with Gasteiger partial charge in [0.25, 0.3) is 0 Å². The third-order valence-electron chi connectivity index (χ3n) is 7.86. The van der Waals surface area contributed by atoms with Crippen molar-refractivity contribution in [3.05, 3.63) is 48.6 Å². The summed E-state index contributed by atoms with van der Waals surface area (Å²) >= 11 is 3.57. The van der Waals surface area contributed by atoms with Crippen LogP contribution in [0.25, 0.3) is 0 Å². The number of alkyl halides is 1. The Bertz CT molecular complexity index is 990. The number of ether oxygens (including phenoxy) is 1. The van der Waals surface area contributed by atoms with Crippen molar-refractivity contribution in [2.24, 2.45) is 11.8 Å². The molecule has 0 aliphatic carbocycles. The molecule has 3 heterocycles. The number of carboxylic acids is 1. The molecule has 2 N–H and O–H groups in total. The first-order valence-corrected chi connectivity index (χ1v) is 13.6. The van der Waals surface area contributed by atoms with Crippen LogP contribution in [0, 0.1) is 11.8 Å². The summed E-state index contributed by atoms with van der Waals surface area (Å²) in [5, 5.41) is 20.5. The van der Waals surface area contributed by atoms with Gasteiger partial charge in [-0.2, -0.15) is 0 Å². The molecule has 9 heteroatoms. The van der Waals surface area contributed by atoms with E-state index in [1.165, 1.54) is 4.90 Å². The van der Waals surface area contributed by atoms with E-state index < -0.39 is 47.5 Å². The number of likely N-dealkylation sites (tertiary alicyclic amines) is 1. The van der Waals surface area contributed by atoms with E-state index in [-0.39, 0.29) is 17.3 Å². The second-order valence-corrected chi connectivity index (χ2v) is 11.2. The predicted octanol–water partition coefficient (Wildman–Crippen LogP) is 2.63. The molecular weight excluding hydrogens is 528 g/mol. The van der Waals surface area contributed by atoms with Gasteiger partial charge in [-0.25, -0.2) is 0 Å². The van der Waals surface area contributed by atoms with Gasteiger partial charge < -0.3 is 24.7 Å². The molecule has 3 aliphatic heterocycles. The molecule has 2 amide bonds. The molecule has 1 spiro atoms. The fourth-order valence-corrected chi connectivity index (χ4v) is 7.27. The van der Waals surface area contributed by atoms with Crippen LogP contribution in [0.15, 0.2) is 43.0 Å². The number of hydrogen-bond acceptors (Lipinski definition) is 5. The van der Waals surface area contributed by atoms with Gasteiger partial charge in [0.05, 0.1) is 30.6 Å². The van der Waals surface area contributed by atoms with E-state index in [0.717, 1.165) is 24.8 Å². The number of unbranched alkanes of at least 4 members (excludes halogenated alkanes) is 2. The maximum Gasteiger partial charge on any atom is 0.310 e. The Balaban J connectivity index is 1.77. The van der Waals surface area contributed by atoms with Crippen molar-refractivity contribution in [2.45, 2.75) is 67.6 Å². The number of hydrogen-bond donors (Lipinski definition) is 2. The molecule has 3 aliphatic rings. The summed E-state index contributed by atoms with van der Waals surface area (Å²) in [6.07, 6.45) is 4.42. The molecule has 0 radical (unpaired) electrons. The van der Waals surface area contributed by atoms with Gasteiger partial charge in [0.15, 0.2) is 0 Å². The second kappa shape index (κ2) is 11.0. The lowest BCUT2D eigenvalue weighted by Gasteiger charge is -2.39. The molecule has 0 saturated carbocycles. The first-order chi connectivity index (χ1) is 17.3. The number of aliphatic hydroxyl groups excluding tert-OH is 1. The van der Waals surface area contributed by atoms with Gasteiger partial charge in [-0.15, -0.1) is 6.58 Å². The van der Waals surface area contributed by atoms with Gasteiger partial charge in [0.2, 0.25) is 11.8 Å². The van der Waals surface area contributed by atoms with Crippen LogP contribution in [0.3, 0.4) is 0 Å². The highest BCUT2D eigenvalue weighted by atomic mass is 79.9. The summed E-state index contributed by atoms with van der Waals surface area (Å²) in [7, 11) is 0. The van der Waals surface area contributed by atoms with E-state index >= 15 is 0 Å². The fourth-order valence-electron chi connectivity index (χ4n) is 6.33. The van der Waals surface area contributed by atoms with Gasteiger partial charge >= 0.3 is 5.97 Å². The highest BCUT2D eigenvalue weighted by Gasteiger charge is 2.77. The predicted molar refractivity (Wildman–Crippen MR) is 138 cm³/mol. The maximum atomic E-state index is 14.2. The third kappa shape index (κ3) is 4.50. The number of aliphatic hydroxyl groups is 1. The highest BCUT2D eigenvalue weighted by Crippen LogP contribution is 2.60. The van der Waals surface area contributed by atoms with Crippen molar-refractivity contribution < 1.29 is 29.3 Å². The van der Waals surface area contributed by atoms with Gasteiger partial charge in [-0.3, -0.25) is 14.4 Å². The van der Waals surface area contributed by atoms with E-state index in [9.17, 15) is 24.6 Å². The van der Waals surface area contributed by atoms with E-state index in [0.29, 0.717) is 25.9 Å². The fraction of sp³-hybridized carbons (Fsp3) is 0.593. The van der Waals surface area contributed by atoms with E-state index in [1.807, 2.05) is 30.3 Å². The van der Waals surface area contributed by atoms with Gasteiger partial charge in [-0.05, 0) is 24.8 Å². The summed E-state index contributed by atoms with van der Waals surface area (Å²) in [6, 6.07) is 7.75. The Kier molecular flexibility index (Phi) is 8.22. The third-order valence-corrected chi connectivity index (χ3v) is 8.70. The summed E-state index contributed by atoms with van der Waals surface area (Å²) in [6.45, 7) is 6.35. The molecule has 196 valence electrons. The first-order valence-electron chi connectivity index (χ1n) is 12.7. The summed E-state index contributed by atoms with van der Waals surface area (Å²) in [4.78, 5) is 43.4. The molecule has 0 aromatic heterocycles. The number of carbonyl (C=O) groups excluding carboxylic acids is 2. The number of fused-ring (bicyclic) bond motifs is 1. The van der Waals surface area contributed by atoms with Crippen LogP contribution in [0.5, 0.6) is 0 Å². The van der Waals surface area contributed by atoms with Crippen molar-refractivity contribution in [3.63, 3.8) is 0 Å². The Morgan fingerprint density at radius 2 is 2.06 bits per heavy atom. The van der Waals surface area contributed by atoms with E-state index in [2.05, 4.69) is 29.4 Å². The number of halogens is 1. The lowest BCUT2D eigenvalue weighted by atomic mass is 9.70. The number of rotatable bonds is 12. The molecule has 3 fully saturated rings. The molecule has 4 rings (SSSR count). The number of carboxylic acid groups (broad SMARTS) is 1. The van der Waals surface area contributed by atoms with Crippen LogP contribution in [-0.4, -0.2) is 86.1 Å². The molecule has 1 unspecified atom stereocenters. The molecule has 7 atom stereocenters. The Hall–Kier alpha value is -2.23. The molecule has 1 aromatic rings. The average Bonchev–Trinajstić information content (AvgIpc) is 3.46. The number of benzene rings is 1. The quantitative estimate of drug-likeness (QED) is 0.230. The summed E-state index contributed by atoms with van der Waals surface area (Å²) in [5.41, 5.74) is -0.348.